The van der Waals surface area contributed by atoms with Crippen molar-refractivity contribution < 1.29 is 28.4 Å². The van der Waals surface area contributed by atoms with E-state index in [0.29, 0.717) is 19.1 Å². The third kappa shape index (κ3) is 3.92. The van der Waals surface area contributed by atoms with E-state index < -0.39 is 17.7 Å². The minimum absolute atomic E-state index is 0.241. The molecule has 2 aromatic rings. The molecule has 4 fully saturated rings. The van der Waals surface area contributed by atoms with Gasteiger partial charge in [-0.2, -0.15) is 4.89 Å². The van der Waals surface area contributed by atoms with Gasteiger partial charge in [0.25, 0.3) is 0 Å². The molecule has 3 saturated heterocycles. The van der Waals surface area contributed by atoms with Crippen LogP contribution < -0.4 is 0 Å². The Hall–Kier alpha value is -1.83. The lowest BCUT2D eigenvalue weighted by Gasteiger charge is -2.49. The van der Waals surface area contributed by atoms with E-state index in [4.69, 9.17) is 24.0 Å². The van der Waals surface area contributed by atoms with Gasteiger partial charge in [0.2, 0.25) is 5.79 Å². The second kappa shape index (κ2) is 8.60. The van der Waals surface area contributed by atoms with Gasteiger partial charge in [-0.1, -0.05) is 49.2 Å². The zero-order valence-electron chi connectivity index (χ0n) is 17.8. The highest BCUT2D eigenvalue weighted by Crippen LogP contribution is 2.55. The van der Waals surface area contributed by atoms with Crippen molar-refractivity contribution in [3.05, 3.63) is 71.0 Å². The number of halogens is 1. The van der Waals surface area contributed by atoms with Crippen molar-refractivity contribution in [2.24, 2.45) is 5.92 Å². The summed E-state index contributed by atoms with van der Waals surface area (Å²) in [4.78, 5) is 12.1. The predicted octanol–water partition coefficient (Wildman–Crippen LogP) is 5.37. The van der Waals surface area contributed by atoms with Gasteiger partial charge in [-0.15, -0.1) is 0 Å². The van der Waals surface area contributed by atoms with Crippen LogP contribution in [0, 0.1) is 11.7 Å². The summed E-state index contributed by atoms with van der Waals surface area (Å²) < 4.78 is 31.0. The average molecular weight is 429 g/mol. The van der Waals surface area contributed by atoms with Crippen LogP contribution in [-0.4, -0.2) is 19.0 Å². The monoisotopic (exact) mass is 428 g/mol. The topological polar surface area (TPSA) is 46.2 Å². The molecule has 6 heteroatoms. The molecule has 4 atom stereocenters. The summed E-state index contributed by atoms with van der Waals surface area (Å²) in [5.41, 5.74) is 2.41. The molecule has 1 unspecified atom stereocenters. The normalized spacial score (nSPS) is 32.5. The maximum absolute atomic E-state index is 13.0. The first-order valence-corrected chi connectivity index (χ1v) is 11.1. The second-order valence-electron chi connectivity index (χ2n) is 8.86. The SMILES string of the molecule is CO[C@H]1O[C@]2(c3ccc(COCc4ccc(F)cc4)cc3)CC[C@H]3CCCCC31OO2. The molecule has 0 radical (unpaired) electrons. The second-order valence-corrected chi connectivity index (χ2v) is 8.86. The number of hydrogen-bond donors (Lipinski definition) is 0. The summed E-state index contributed by atoms with van der Waals surface area (Å²) in [6.07, 6.45) is 5.62. The molecule has 4 aliphatic rings. The van der Waals surface area contributed by atoms with Gasteiger partial charge in [0.15, 0.2) is 11.9 Å². The molecule has 0 N–H and O–H groups in total. The van der Waals surface area contributed by atoms with Gasteiger partial charge in [0.1, 0.15) is 5.82 Å². The van der Waals surface area contributed by atoms with Crippen molar-refractivity contribution in [2.75, 3.05) is 7.11 Å². The van der Waals surface area contributed by atoms with Crippen molar-refractivity contribution in [1.82, 2.24) is 0 Å². The third-order valence-corrected chi connectivity index (χ3v) is 6.97. The van der Waals surface area contributed by atoms with Gasteiger partial charge < -0.3 is 14.2 Å². The summed E-state index contributed by atoms with van der Waals surface area (Å²) >= 11 is 0. The molecule has 2 aromatic carbocycles. The predicted molar refractivity (Wildman–Crippen MR) is 111 cm³/mol. The molecule has 2 bridgehead atoms. The summed E-state index contributed by atoms with van der Waals surface area (Å²) in [5.74, 6) is -0.805. The average Bonchev–Trinajstić information content (AvgIpc) is 3.07. The highest BCUT2D eigenvalue weighted by molar-refractivity contribution is 5.27. The number of ether oxygens (including phenoxy) is 3. The molecule has 6 rings (SSSR count). The highest BCUT2D eigenvalue weighted by Gasteiger charge is 2.61. The molecule has 1 spiro atoms. The molecular formula is C25H29FO5. The van der Waals surface area contributed by atoms with Crippen LogP contribution in [0.25, 0.3) is 0 Å². The first-order chi connectivity index (χ1) is 15.1. The van der Waals surface area contributed by atoms with Crippen LogP contribution in [0.4, 0.5) is 4.39 Å². The van der Waals surface area contributed by atoms with Crippen molar-refractivity contribution in [3.63, 3.8) is 0 Å². The highest BCUT2D eigenvalue weighted by atomic mass is 19.1. The molecule has 0 aromatic heterocycles. The van der Waals surface area contributed by atoms with Crippen LogP contribution in [-0.2, 0) is 43.0 Å². The Labute approximate surface area is 182 Å². The Morgan fingerprint density at radius 3 is 2.32 bits per heavy atom. The zero-order valence-corrected chi connectivity index (χ0v) is 17.8. The molecule has 1 saturated carbocycles. The van der Waals surface area contributed by atoms with Crippen molar-refractivity contribution in [3.8, 4) is 0 Å². The molecule has 5 nitrogen and oxygen atoms in total. The standard InChI is InChI=1S/C25H29FO5/c1-27-23-24-14-3-2-4-20(24)13-15-25(29-23,31-30-24)21-9-5-18(6-10-21)16-28-17-19-7-11-22(26)12-8-19/h5-12,20,23H,2-4,13-17H2,1H3/t20-,23+,24?,25-/m1/s1. The van der Waals surface area contributed by atoms with Gasteiger partial charge in [-0.25, -0.2) is 9.28 Å². The number of fused-ring (bicyclic) bond motifs is 3. The smallest absolute Gasteiger partial charge is 0.230 e. The van der Waals surface area contributed by atoms with Crippen LogP contribution in [0.3, 0.4) is 0 Å². The molecule has 0 amide bonds. The lowest BCUT2D eigenvalue weighted by Crippen LogP contribution is -2.59. The first kappa shape index (κ1) is 21.0. The van der Waals surface area contributed by atoms with Crippen LogP contribution >= 0.6 is 0 Å². The lowest BCUT2D eigenvalue weighted by molar-refractivity contribution is -0.558. The van der Waals surface area contributed by atoms with E-state index in [1.54, 1.807) is 19.2 Å². The Morgan fingerprint density at radius 2 is 1.61 bits per heavy atom. The van der Waals surface area contributed by atoms with Crippen molar-refractivity contribution >= 4 is 0 Å². The van der Waals surface area contributed by atoms with E-state index in [9.17, 15) is 4.39 Å². The van der Waals surface area contributed by atoms with Gasteiger partial charge in [0, 0.05) is 19.1 Å². The minimum Gasteiger partial charge on any atom is -0.372 e. The minimum atomic E-state index is -0.948. The lowest BCUT2D eigenvalue weighted by atomic mass is 9.73. The quantitative estimate of drug-likeness (QED) is 0.579. The maximum Gasteiger partial charge on any atom is 0.230 e. The van der Waals surface area contributed by atoms with E-state index in [2.05, 4.69) is 0 Å². The fourth-order valence-corrected chi connectivity index (χ4v) is 5.22. The first-order valence-electron chi connectivity index (χ1n) is 11.1. The van der Waals surface area contributed by atoms with Crippen molar-refractivity contribution in [1.29, 1.82) is 0 Å². The Bertz CT molecular complexity index is 882. The Kier molecular flexibility index (Phi) is 5.84. The van der Waals surface area contributed by atoms with Gasteiger partial charge in [-0.05, 0) is 48.4 Å². The summed E-state index contributed by atoms with van der Waals surface area (Å²) in [6.45, 7) is 0.903. The van der Waals surface area contributed by atoms with Gasteiger partial charge >= 0.3 is 0 Å². The number of benzene rings is 2. The maximum atomic E-state index is 13.0. The van der Waals surface area contributed by atoms with Crippen molar-refractivity contribution in [2.45, 2.75) is 69.4 Å². The molecule has 3 heterocycles. The fourth-order valence-electron chi connectivity index (χ4n) is 5.22. The van der Waals surface area contributed by atoms with Gasteiger partial charge in [0.05, 0.1) is 13.2 Å². The van der Waals surface area contributed by atoms with E-state index in [-0.39, 0.29) is 5.82 Å². The van der Waals surface area contributed by atoms with Crippen LogP contribution in [0.5, 0.6) is 0 Å². The Morgan fingerprint density at radius 1 is 0.903 bits per heavy atom. The molecular weight excluding hydrogens is 399 g/mol. The third-order valence-electron chi connectivity index (χ3n) is 6.97. The number of methoxy groups -OCH3 is 1. The van der Waals surface area contributed by atoms with Crippen LogP contribution in [0.15, 0.2) is 48.5 Å². The number of rotatable bonds is 6. The zero-order chi connectivity index (χ0) is 21.3. The van der Waals surface area contributed by atoms with E-state index in [1.165, 1.54) is 18.6 Å². The number of hydrogen-bond acceptors (Lipinski definition) is 5. The molecule has 166 valence electrons. The Balaban J connectivity index is 1.27. The summed E-state index contributed by atoms with van der Waals surface area (Å²) in [5, 5.41) is 0. The fraction of sp³-hybridized carbons (Fsp3) is 0.520. The molecule has 31 heavy (non-hydrogen) atoms. The van der Waals surface area contributed by atoms with Gasteiger partial charge in [-0.3, -0.25) is 0 Å². The summed E-state index contributed by atoms with van der Waals surface area (Å²) in [6, 6.07) is 14.4. The van der Waals surface area contributed by atoms with Crippen LogP contribution in [0.2, 0.25) is 0 Å². The van der Waals surface area contributed by atoms with E-state index in [0.717, 1.165) is 48.8 Å². The largest absolute Gasteiger partial charge is 0.372 e. The van der Waals surface area contributed by atoms with Crippen LogP contribution in [0.1, 0.15) is 55.2 Å². The molecule has 1 aliphatic carbocycles. The summed E-state index contributed by atoms with van der Waals surface area (Å²) in [7, 11) is 1.68. The molecule has 3 aliphatic heterocycles. The van der Waals surface area contributed by atoms with E-state index in [1.807, 2.05) is 24.3 Å². The van der Waals surface area contributed by atoms with E-state index >= 15 is 0 Å².